The molecule has 1 N–H and O–H groups in total. The Balaban J connectivity index is 1.58. The van der Waals surface area contributed by atoms with Crippen LogP contribution < -0.4 is 10.2 Å². The standard InChI is InChI=1S/C22H23Cl2N3O2/c1-2-22(29)27-13-11-26(12-14-27)20-9-8-18(15-19(20)24)25-21(28)10-5-16-3-6-17(23)7-4-16/h3-10,15H,2,11-14H2,1H3,(H,25,28)/b10-5+. The third-order valence-corrected chi connectivity index (χ3v) is 5.34. The van der Waals surface area contributed by atoms with E-state index < -0.39 is 0 Å². The molecule has 1 fully saturated rings. The summed E-state index contributed by atoms with van der Waals surface area (Å²) in [5, 5.41) is 4.04. The molecule has 0 aromatic heterocycles. The largest absolute Gasteiger partial charge is 0.367 e. The molecule has 1 aliphatic heterocycles. The van der Waals surface area contributed by atoms with E-state index in [1.807, 2.05) is 36.1 Å². The second-order valence-electron chi connectivity index (χ2n) is 6.76. The van der Waals surface area contributed by atoms with Gasteiger partial charge in [0, 0.05) is 49.4 Å². The molecule has 0 bridgehead atoms. The molecule has 0 unspecified atom stereocenters. The molecule has 2 amide bonds. The lowest BCUT2D eigenvalue weighted by Crippen LogP contribution is -2.48. The summed E-state index contributed by atoms with van der Waals surface area (Å²) in [5.41, 5.74) is 2.42. The summed E-state index contributed by atoms with van der Waals surface area (Å²) in [7, 11) is 0. The van der Waals surface area contributed by atoms with Gasteiger partial charge in [-0.15, -0.1) is 0 Å². The molecule has 2 aromatic carbocycles. The van der Waals surface area contributed by atoms with E-state index in [1.54, 1.807) is 24.3 Å². The number of carbonyl (C=O) groups excluding carboxylic acids is 2. The predicted octanol–water partition coefficient (Wildman–Crippen LogP) is 4.70. The van der Waals surface area contributed by atoms with Crippen LogP contribution in [-0.4, -0.2) is 42.9 Å². The molecule has 29 heavy (non-hydrogen) atoms. The first-order chi connectivity index (χ1) is 14.0. The van der Waals surface area contributed by atoms with Gasteiger partial charge in [0.05, 0.1) is 10.7 Å². The van der Waals surface area contributed by atoms with Crippen LogP contribution in [0.2, 0.25) is 10.0 Å². The number of rotatable bonds is 5. The molecule has 1 saturated heterocycles. The number of halogens is 2. The van der Waals surface area contributed by atoms with Gasteiger partial charge in [-0.2, -0.15) is 0 Å². The number of anilines is 2. The topological polar surface area (TPSA) is 52.7 Å². The lowest BCUT2D eigenvalue weighted by molar-refractivity contribution is -0.131. The molecule has 0 atom stereocenters. The molecule has 1 heterocycles. The molecule has 1 aliphatic rings. The second kappa shape index (κ2) is 9.81. The van der Waals surface area contributed by atoms with E-state index in [4.69, 9.17) is 23.2 Å². The minimum Gasteiger partial charge on any atom is -0.367 e. The average Bonchev–Trinajstić information content (AvgIpc) is 2.73. The van der Waals surface area contributed by atoms with Gasteiger partial charge in [0.15, 0.2) is 0 Å². The summed E-state index contributed by atoms with van der Waals surface area (Å²) in [6.45, 7) is 4.74. The number of carbonyl (C=O) groups is 2. The van der Waals surface area contributed by atoms with Crippen LogP contribution in [0.5, 0.6) is 0 Å². The Labute approximate surface area is 180 Å². The normalized spacial score (nSPS) is 14.3. The van der Waals surface area contributed by atoms with E-state index in [0.717, 1.165) is 24.3 Å². The first kappa shape index (κ1) is 21.2. The summed E-state index contributed by atoms with van der Waals surface area (Å²) in [4.78, 5) is 28.0. The van der Waals surface area contributed by atoms with Crippen molar-refractivity contribution in [2.24, 2.45) is 0 Å². The smallest absolute Gasteiger partial charge is 0.248 e. The Hall–Kier alpha value is -2.50. The number of hydrogen-bond donors (Lipinski definition) is 1. The van der Waals surface area contributed by atoms with Crippen LogP contribution in [0.4, 0.5) is 11.4 Å². The van der Waals surface area contributed by atoms with Gasteiger partial charge >= 0.3 is 0 Å². The van der Waals surface area contributed by atoms with Crippen molar-refractivity contribution in [3.8, 4) is 0 Å². The third-order valence-electron chi connectivity index (χ3n) is 4.79. The maximum atomic E-state index is 12.2. The van der Waals surface area contributed by atoms with Gasteiger partial charge < -0.3 is 15.1 Å². The monoisotopic (exact) mass is 431 g/mol. The molecule has 0 saturated carbocycles. The summed E-state index contributed by atoms with van der Waals surface area (Å²) in [5.74, 6) is -0.0593. The molecule has 5 nitrogen and oxygen atoms in total. The Morgan fingerprint density at radius 1 is 1.03 bits per heavy atom. The number of nitrogens with zero attached hydrogens (tertiary/aromatic N) is 2. The quantitative estimate of drug-likeness (QED) is 0.697. The fraction of sp³-hybridized carbons (Fsp3) is 0.273. The van der Waals surface area contributed by atoms with E-state index in [1.165, 1.54) is 6.08 Å². The number of nitrogens with one attached hydrogen (secondary N) is 1. The number of piperazine rings is 1. The van der Waals surface area contributed by atoms with E-state index in [2.05, 4.69) is 10.2 Å². The molecular formula is C22H23Cl2N3O2. The number of hydrogen-bond acceptors (Lipinski definition) is 3. The predicted molar refractivity (Wildman–Crippen MR) is 120 cm³/mol. The van der Waals surface area contributed by atoms with Gasteiger partial charge in [-0.25, -0.2) is 0 Å². The van der Waals surface area contributed by atoms with Crippen molar-refractivity contribution < 1.29 is 9.59 Å². The molecular weight excluding hydrogens is 409 g/mol. The van der Waals surface area contributed by atoms with E-state index in [9.17, 15) is 9.59 Å². The Morgan fingerprint density at radius 3 is 2.34 bits per heavy atom. The third kappa shape index (κ3) is 5.75. The Morgan fingerprint density at radius 2 is 1.72 bits per heavy atom. The Kier molecular flexibility index (Phi) is 7.18. The minimum atomic E-state index is -0.240. The molecule has 0 spiro atoms. The van der Waals surface area contributed by atoms with Gasteiger partial charge in [-0.05, 0) is 42.0 Å². The molecule has 2 aromatic rings. The highest BCUT2D eigenvalue weighted by molar-refractivity contribution is 6.33. The zero-order valence-corrected chi connectivity index (χ0v) is 17.7. The molecule has 152 valence electrons. The first-order valence-electron chi connectivity index (χ1n) is 9.53. The van der Waals surface area contributed by atoms with Gasteiger partial charge in [0.25, 0.3) is 0 Å². The Bertz CT molecular complexity index is 905. The van der Waals surface area contributed by atoms with Crippen LogP contribution in [0.3, 0.4) is 0 Å². The van der Waals surface area contributed by atoms with Crippen molar-refractivity contribution in [2.45, 2.75) is 13.3 Å². The van der Waals surface area contributed by atoms with Crippen LogP contribution in [0.25, 0.3) is 6.08 Å². The first-order valence-corrected chi connectivity index (χ1v) is 10.3. The maximum Gasteiger partial charge on any atom is 0.248 e. The number of amides is 2. The van der Waals surface area contributed by atoms with Crippen LogP contribution >= 0.6 is 23.2 Å². The highest BCUT2D eigenvalue weighted by atomic mass is 35.5. The molecule has 0 aliphatic carbocycles. The van der Waals surface area contributed by atoms with Crippen LogP contribution in [0, 0.1) is 0 Å². The van der Waals surface area contributed by atoms with E-state index >= 15 is 0 Å². The molecule has 7 heteroatoms. The van der Waals surface area contributed by atoms with Crippen molar-refractivity contribution in [3.63, 3.8) is 0 Å². The summed E-state index contributed by atoms with van der Waals surface area (Å²) >= 11 is 12.3. The second-order valence-corrected chi connectivity index (χ2v) is 7.61. The van der Waals surface area contributed by atoms with Gasteiger partial charge in [0.1, 0.15) is 0 Å². The van der Waals surface area contributed by atoms with E-state index in [0.29, 0.717) is 35.2 Å². The fourth-order valence-corrected chi connectivity index (χ4v) is 3.62. The van der Waals surface area contributed by atoms with Gasteiger partial charge in [-0.1, -0.05) is 42.3 Å². The highest BCUT2D eigenvalue weighted by Crippen LogP contribution is 2.29. The minimum absolute atomic E-state index is 0.181. The summed E-state index contributed by atoms with van der Waals surface area (Å²) < 4.78 is 0. The average molecular weight is 432 g/mol. The van der Waals surface area contributed by atoms with E-state index in [-0.39, 0.29) is 11.8 Å². The van der Waals surface area contributed by atoms with Crippen molar-refractivity contribution in [2.75, 3.05) is 36.4 Å². The maximum absolute atomic E-state index is 12.2. The SMILES string of the molecule is CCC(=O)N1CCN(c2ccc(NC(=O)/C=C/c3ccc(Cl)cc3)cc2Cl)CC1. The van der Waals surface area contributed by atoms with Crippen LogP contribution in [0.15, 0.2) is 48.5 Å². The van der Waals surface area contributed by atoms with Gasteiger partial charge in [-0.3, -0.25) is 9.59 Å². The van der Waals surface area contributed by atoms with Crippen molar-refractivity contribution >= 4 is 52.5 Å². The van der Waals surface area contributed by atoms with Crippen molar-refractivity contribution in [1.82, 2.24) is 4.90 Å². The van der Waals surface area contributed by atoms with Crippen molar-refractivity contribution in [1.29, 1.82) is 0 Å². The van der Waals surface area contributed by atoms with Crippen LogP contribution in [-0.2, 0) is 9.59 Å². The zero-order chi connectivity index (χ0) is 20.8. The zero-order valence-electron chi connectivity index (χ0n) is 16.2. The number of benzene rings is 2. The van der Waals surface area contributed by atoms with Crippen LogP contribution in [0.1, 0.15) is 18.9 Å². The fourth-order valence-electron chi connectivity index (χ4n) is 3.19. The summed E-state index contributed by atoms with van der Waals surface area (Å²) in [6.07, 6.45) is 3.72. The van der Waals surface area contributed by atoms with Crippen molar-refractivity contribution in [3.05, 3.63) is 64.1 Å². The molecule has 0 radical (unpaired) electrons. The summed E-state index contributed by atoms with van der Waals surface area (Å²) in [6, 6.07) is 12.7. The lowest BCUT2D eigenvalue weighted by atomic mass is 10.2. The highest BCUT2D eigenvalue weighted by Gasteiger charge is 2.21. The molecule has 3 rings (SSSR count). The lowest BCUT2D eigenvalue weighted by Gasteiger charge is -2.36. The van der Waals surface area contributed by atoms with Gasteiger partial charge in [0.2, 0.25) is 11.8 Å².